The summed E-state index contributed by atoms with van der Waals surface area (Å²) in [5.41, 5.74) is 5.45. The molecule has 5 nitrogen and oxygen atoms in total. The van der Waals surface area contributed by atoms with Crippen molar-refractivity contribution in [3.63, 3.8) is 0 Å². The molecule has 1 amide bonds. The number of amides is 1. The van der Waals surface area contributed by atoms with Crippen LogP contribution in [-0.4, -0.2) is 21.5 Å². The van der Waals surface area contributed by atoms with E-state index < -0.39 is 0 Å². The van der Waals surface area contributed by atoms with Gasteiger partial charge in [0.25, 0.3) is 0 Å². The summed E-state index contributed by atoms with van der Waals surface area (Å²) in [5.74, 6) is 0.00786. The molecule has 6 heteroatoms. The average molecular weight is 422 g/mol. The van der Waals surface area contributed by atoms with Crippen LogP contribution in [0.5, 0.6) is 0 Å². The van der Waals surface area contributed by atoms with Crippen molar-refractivity contribution in [2.45, 2.75) is 53.0 Å². The Kier molecular flexibility index (Phi) is 5.36. The highest BCUT2D eigenvalue weighted by Crippen LogP contribution is 2.41. The highest BCUT2D eigenvalue weighted by Gasteiger charge is 2.36. The van der Waals surface area contributed by atoms with Crippen molar-refractivity contribution in [1.82, 2.24) is 15.1 Å². The summed E-state index contributed by atoms with van der Waals surface area (Å²) in [6.45, 7) is 8.09. The Hall–Kier alpha value is -2.73. The number of carbonyl (C=O) groups excluding carboxylic acids is 2. The van der Waals surface area contributed by atoms with E-state index in [0.29, 0.717) is 4.88 Å². The fraction of sp³-hybridized carbons (Fsp3) is 0.375. The number of hydrogen-bond acceptors (Lipinski definition) is 4. The molecule has 0 fully saturated rings. The van der Waals surface area contributed by atoms with Crippen LogP contribution in [0, 0.1) is 12.3 Å². The van der Waals surface area contributed by atoms with E-state index in [0.717, 1.165) is 35.3 Å². The number of ketones is 1. The van der Waals surface area contributed by atoms with Gasteiger partial charge in [-0.1, -0.05) is 31.5 Å². The molecular weight excluding hydrogens is 394 g/mol. The van der Waals surface area contributed by atoms with E-state index >= 15 is 0 Å². The second-order valence-corrected chi connectivity index (χ2v) is 9.92. The minimum absolute atomic E-state index is 0.0281. The summed E-state index contributed by atoms with van der Waals surface area (Å²) in [4.78, 5) is 25.0. The number of fused-ring (bicyclic) bond motifs is 1. The Morgan fingerprint density at radius 1 is 1.27 bits per heavy atom. The van der Waals surface area contributed by atoms with Crippen LogP contribution >= 0.6 is 11.3 Å². The van der Waals surface area contributed by atoms with E-state index in [1.807, 2.05) is 22.3 Å². The fourth-order valence-corrected chi connectivity index (χ4v) is 4.98. The molecule has 0 bridgehead atoms. The third kappa shape index (κ3) is 4.24. The summed E-state index contributed by atoms with van der Waals surface area (Å²) in [6, 6.07) is 10.1. The van der Waals surface area contributed by atoms with Crippen molar-refractivity contribution in [3.8, 4) is 5.69 Å². The van der Waals surface area contributed by atoms with Crippen molar-refractivity contribution < 1.29 is 9.59 Å². The number of nitrogens with zero attached hydrogens (tertiary/aromatic N) is 2. The molecular formula is C24H27N3O2S. The zero-order chi connectivity index (χ0) is 21.5. The summed E-state index contributed by atoms with van der Waals surface area (Å²) in [5, 5.41) is 9.77. The van der Waals surface area contributed by atoms with Crippen LogP contribution in [0.25, 0.3) is 5.69 Å². The first-order chi connectivity index (χ1) is 14.2. The molecule has 1 aliphatic rings. The van der Waals surface area contributed by atoms with Gasteiger partial charge in [-0.15, -0.1) is 11.3 Å². The Morgan fingerprint density at radius 2 is 2.00 bits per heavy atom. The molecule has 0 saturated heterocycles. The maximum Gasteiger partial charge on any atom is 0.224 e. The lowest BCUT2D eigenvalue weighted by Crippen LogP contribution is -2.37. The van der Waals surface area contributed by atoms with Gasteiger partial charge in [0.15, 0.2) is 5.78 Å². The van der Waals surface area contributed by atoms with Gasteiger partial charge in [-0.2, -0.15) is 5.10 Å². The highest BCUT2D eigenvalue weighted by molar-refractivity contribution is 7.12. The molecule has 0 radical (unpaired) electrons. The van der Waals surface area contributed by atoms with Gasteiger partial charge in [0, 0.05) is 5.56 Å². The minimum atomic E-state index is -0.0682. The first-order valence-corrected chi connectivity index (χ1v) is 11.1. The summed E-state index contributed by atoms with van der Waals surface area (Å²) in [7, 11) is 0. The number of hydrogen-bond donors (Lipinski definition) is 1. The molecule has 30 heavy (non-hydrogen) atoms. The van der Waals surface area contributed by atoms with Gasteiger partial charge < -0.3 is 5.32 Å². The summed E-state index contributed by atoms with van der Waals surface area (Å²) in [6.07, 6.45) is 3.96. The van der Waals surface area contributed by atoms with Gasteiger partial charge in [0.05, 0.1) is 34.9 Å². The lowest BCUT2D eigenvalue weighted by atomic mass is 9.74. The molecule has 2 aromatic heterocycles. The summed E-state index contributed by atoms with van der Waals surface area (Å²) >= 11 is 1.39. The fourth-order valence-electron chi connectivity index (χ4n) is 4.16. The first kappa shape index (κ1) is 20.5. The number of nitrogens with one attached hydrogen (secondary N) is 1. The number of thiophene rings is 1. The van der Waals surface area contributed by atoms with E-state index in [1.54, 1.807) is 6.92 Å². The van der Waals surface area contributed by atoms with E-state index in [-0.39, 0.29) is 29.6 Å². The van der Waals surface area contributed by atoms with Gasteiger partial charge in [-0.3, -0.25) is 9.59 Å². The van der Waals surface area contributed by atoms with Crippen molar-refractivity contribution in [1.29, 1.82) is 0 Å². The molecule has 156 valence electrons. The van der Waals surface area contributed by atoms with Crippen LogP contribution in [0.15, 0.2) is 41.9 Å². The Labute approximate surface area is 181 Å². The van der Waals surface area contributed by atoms with Gasteiger partial charge in [-0.05, 0) is 61.2 Å². The van der Waals surface area contributed by atoms with E-state index in [4.69, 9.17) is 0 Å². The molecule has 3 aromatic rings. The number of aryl methyl sites for hydroxylation is 1. The van der Waals surface area contributed by atoms with Crippen molar-refractivity contribution >= 4 is 23.0 Å². The maximum atomic E-state index is 12.8. The molecule has 4 rings (SSSR count). The largest absolute Gasteiger partial charge is 0.349 e. The molecule has 1 atom stereocenters. The quantitative estimate of drug-likeness (QED) is 0.601. The smallest absolute Gasteiger partial charge is 0.224 e. The van der Waals surface area contributed by atoms with Crippen LogP contribution in [-0.2, 0) is 17.6 Å². The zero-order valence-corrected chi connectivity index (χ0v) is 18.7. The molecule has 2 heterocycles. The van der Waals surface area contributed by atoms with E-state index in [9.17, 15) is 9.59 Å². The van der Waals surface area contributed by atoms with Gasteiger partial charge in [-0.25, -0.2) is 4.68 Å². The molecule has 0 unspecified atom stereocenters. The lowest BCUT2D eigenvalue weighted by molar-refractivity contribution is -0.121. The highest BCUT2D eigenvalue weighted by atomic mass is 32.1. The molecule has 1 N–H and O–H groups in total. The Morgan fingerprint density at radius 3 is 2.67 bits per heavy atom. The van der Waals surface area contributed by atoms with E-state index in [1.165, 1.54) is 16.9 Å². The predicted octanol–water partition coefficient (Wildman–Crippen LogP) is 4.82. The third-order valence-electron chi connectivity index (χ3n) is 5.66. The van der Waals surface area contributed by atoms with Gasteiger partial charge >= 0.3 is 0 Å². The zero-order valence-electron chi connectivity index (χ0n) is 17.9. The summed E-state index contributed by atoms with van der Waals surface area (Å²) < 4.78 is 2.01. The Bertz CT molecular complexity index is 1090. The number of carbonyl (C=O) groups is 2. The Balaban J connectivity index is 1.56. The molecule has 1 aromatic carbocycles. The normalized spacial score (nSPS) is 17.4. The van der Waals surface area contributed by atoms with Crippen LogP contribution in [0.2, 0.25) is 0 Å². The number of Topliss-reactive ketones (excluding diaryl/α,β-unsaturated/α-hetero) is 1. The van der Waals surface area contributed by atoms with Gasteiger partial charge in [0.1, 0.15) is 0 Å². The van der Waals surface area contributed by atoms with E-state index in [2.05, 4.69) is 55.5 Å². The molecule has 1 aliphatic carbocycles. The maximum absolute atomic E-state index is 12.8. The standard InChI is InChI=1S/C24H27N3O2S/c1-15-5-7-18(8-6-15)27-21-12-24(3,4)11-20(19(21)13-25-27)26-23(29)10-17-9-22(16(2)28)30-14-17/h5-9,13-14,20H,10-12H2,1-4H3,(H,26,29)/t20-/m0/s1. The van der Waals surface area contributed by atoms with Crippen molar-refractivity contribution in [2.75, 3.05) is 0 Å². The number of benzene rings is 1. The second kappa shape index (κ2) is 7.84. The lowest BCUT2D eigenvalue weighted by Gasteiger charge is -2.36. The van der Waals surface area contributed by atoms with Crippen LogP contribution < -0.4 is 5.32 Å². The second-order valence-electron chi connectivity index (χ2n) is 9.01. The molecule has 0 spiro atoms. The first-order valence-electron chi connectivity index (χ1n) is 10.2. The topological polar surface area (TPSA) is 64.0 Å². The number of rotatable bonds is 5. The monoisotopic (exact) mass is 421 g/mol. The predicted molar refractivity (Wildman–Crippen MR) is 119 cm³/mol. The molecule has 0 saturated carbocycles. The molecule has 0 aliphatic heterocycles. The number of aromatic nitrogens is 2. The SMILES string of the molecule is CC(=O)c1cc(CC(=O)N[C@H]2CC(C)(C)Cc3c2cnn3-c2ccc(C)cc2)cs1. The van der Waals surface area contributed by atoms with Crippen molar-refractivity contribution in [2.24, 2.45) is 5.41 Å². The van der Waals surface area contributed by atoms with Crippen LogP contribution in [0.3, 0.4) is 0 Å². The average Bonchev–Trinajstić information content (AvgIpc) is 3.29. The van der Waals surface area contributed by atoms with Crippen LogP contribution in [0.4, 0.5) is 0 Å². The van der Waals surface area contributed by atoms with Gasteiger partial charge in [0.2, 0.25) is 5.91 Å². The van der Waals surface area contributed by atoms with Crippen molar-refractivity contribution in [3.05, 3.63) is 69.2 Å². The van der Waals surface area contributed by atoms with Crippen LogP contribution in [0.1, 0.15) is 65.3 Å². The minimum Gasteiger partial charge on any atom is -0.349 e. The third-order valence-corrected chi connectivity index (χ3v) is 6.74.